The lowest BCUT2D eigenvalue weighted by molar-refractivity contribution is -0.111. The number of aryl methyl sites for hydroxylation is 1. The molecule has 0 bridgehead atoms. The van der Waals surface area contributed by atoms with Crippen LogP contribution in [0.3, 0.4) is 0 Å². The fourth-order valence-electron chi connectivity index (χ4n) is 1.84. The van der Waals surface area contributed by atoms with Crippen molar-refractivity contribution in [3.05, 3.63) is 47.8 Å². The molecule has 0 atom stereocenters. The molecule has 7 heteroatoms. The van der Waals surface area contributed by atoms with Gasteiger partial charge in [-0.25, -0.2) is 4.79 Å². The zero-order valence-electron chi connectivity index (χ0n) is 12.1. The van der Waals surface area contributed by atoms with Gasteiger partial charge in [0.1, 0.15) is 5.75 Å². The quantitative estimate of drug-likeness (QED) is 0.821. The van der Waals surface area contributed by atoms with Crippen molar-refractivity contribution in [3.8, 4) is 5.75 Å². The van der Waals surface area contributed by atoms with Gasteiger partial charge in [0.2, 0.25) is 5.91 Å². The van der Waals surface area contributed by atoms with Crippen molar-refractivity contribution in [1.29, 1.82) is 0 Å². The number of hydrogen-bond acceptors (Lipinski definition) is 4. The van der Waals surface area contributed by atoms with Crippen LogP contribution in [0.15, 0.2) is 36.5 Å². The predicted octanol–water partition coefficient (Wildman–Crippen LogP) is 1.78. The Hall–Kier alpha value is -3.09. The molecule has 2 rings (SSSR count). The minimum absolute atomic E-state index is 0.0776. The summed E-state index contributed by atoms with van der Waals surface area (Å²) in [6.45, 7) is 0. The molecule has 1 aromatic carbocycles. The SMILES string of the molecule is COc1ccc(/C=C/C(=O)Nc2cnn(C)c2C(=O)O)cc1. The summed E-state index contributed by atoms with van der Waals surface area (Å²) in [6.07, 6.45) is 4.23. The molecule has 1 amide bonds. The lowest BCUT2D eigenvalue weighted by atomic mass is 10.2. The molecule has 2 aromatic rings. The first-order valence-electron chi connectivity index (χ1n) is 6.39. The third kappa shape index (κ3) is 3.51. The maximum atomic E-state index is 11.8. The summed E-state index contributed by atoms with van der Waals surface area (Å²) in [5.74, 6) is -0.871. The highest BCUT2D eigenvalue weighted by Gasteiger charge is 2.16. The second kappa shape index (κ2) is 6.57. The smallest absolute Gasteiger partial charge is 0.356 e. The van der Waals surface area contributed by atoms with Gasteiger partial charge >= 0.3 is 5.97 Å². The van der Waals surface area contributed by atoms with Crippen LogP contribution >= 0.6 is 0 Å². The van der Waals surface area contributed by atoms with Gasteiger partial charge in [0.15, 0.2) is 5.69 Å². The Morgan fingerprint density at radius 2 is 2.00 bits per heavy atom. The maximum Gasteiger partial charge on any atom is 0.356 e. The molecule has 0 fully saturated rings. The molecule has 1 aromatic heterocycles. The molecule has 114 valence electrons. The van der Waals surface area contributed by atoms with Gasteiger partial charge in [-0.15, -0.1) is 0 Å². The Balaban J connectivity index is 2.06. The Morgan fingerprint density at radius 1 is 1.32 bits per heavy atom. The van der Waals surface area contributed by atoms with E-state index < -0.39 is 11.9 Å². The minimum atomic E-state index is -1.16. The molecule has 7 nitrogen and oxygen atoms in total. The van der Waals surface area contributed by atoms with Crippen LogP contribution in [-0.2, 0) is 11.8 Å². The van der Waals surface area contributed by atoms with Crippen molar-refractivity contribution in [2.24, 2.45) is 7.05 Å². The Bertz CT molecular complexity index is 717. The van der Waals surface area contributed by atoms with Crippen LogP contribution in [0.1, 0.15) is 16.1 Å². The Morgan fingerprint density at radius 3 is 2.59 bits per heavy atom. The van der Waals surface area contributed by atoms with Gasteiger partial charge in [-0.1, -0.05) is 12.1 Å². The number of aromatic nitrogens is 2. The summed E-state index contributed by atoms with van der Waals surface area (Å²) in [4.78, 5) is 22.9. The number of methoxy groups -OCH3 is 1. The summed E-state index contributed by atoms with van der Waals surface area (Å²) < 4.78 is 6.23. The summed E-state index contributed by atoms with van der Waals surface area (Å²) in [6, 6.07) is 7.16. The van der Waals surface area contributed by atoms with Crippen molar-refractivity contribution < 1.29 is 19.4 Å². The standard InChI is InChI=1S/C15H15N3O4/c1-18-14(15(20)21)12(9-16-18)17-13(19)8-5-10-3-6-11(22-2)7-4-10/h3-9H,1-2H3,(H,17,19)(H,20,21)/b8-5+. The number of hydrogen-bond donors (Lipinski definition) is 2. The summed E-state index contributed by atoms with van der Waals surface area (Å²) in [5.41, 5.74) is 0.895. The van der Waals surface area contributed by atoms with Gasteiger partial charge in [0, 0.05) is 13.1 Å². The van der Waals surface area contributed by atoms with E-state index in [2.05, 4.69) is 10.4 Å². The van der Waals surface area contributed by atoms with Gasteiger partial charge < -0.3 is 15.2 Å². The molecule has 0 aliphatic carbocycles. The zero-order valence-corrected chi connectivity index (χ0v) is 12.1. The molecule has 22 heavy (non-hydrogen) atoms. The molecule has 2 N–H and O–H groups in total. The van der Waals surface area contributed by atoms with Crippen molar-refractivity contribution in [3.63, 3.8) is 0 Å². The van der Waals surface area contributed by atoms with Gasteiger partial charge in [-0.3, -0.25) is 9.48 Å². The molecule has 0 saturated carbocycles. The van der Waals surface area contributed by atoms with Gasteiger partial charge in [0.05, 0.1) is 19.0 Å². The van der Waals surface area contributed by atoms with E-state index in [1.165, 1.54) is 24.0 Å². The van der Waals surface area contributed by atoms with Crippen LogP contribution < -0.4 is 10.1 Å². The predicted molar refractivity (Wildman–Crippen MR) is 80.8 cm³/mol. The Kier molecular flexibility index (Phi) is 4.57. The third-order valence-corrected chi connectivity index (χ3v) is 2.94. The highest BCUT2D eigenvalue weighted by atomic mass is 16.5. The Labute approximate surface area is 126 Å². The summed E-state index contributed by atoms with van der Waals surface area (Å²) >= 11 is 0. The number of amides is 1. The van der Waals surface area contributed by atoms with E-state index in [1.807, 2.05) is 0 Å². The molecule has 0 aliphatic heterocycles. The highest BCUT2D eigenvalue weighted by Crippen LogP contribution is 2.15. The number of anilines is 1. The molecular weight excluding hydrogens is 286 g/mol. The lowest BCUT2D eigenvalue weighted by Crippen LogP contribution is -2.13. The fourth-order valence-corrected chi connectivity index (χ4v) is 1.84. The number of benzene rings is 1. The van der Waals surface area contributed by atoms with Gasteiger partial charge in [-0.05, 0) is 23.8 Å². The molecular formula is C15H15N3O4. The van der Waals surface area contributed by atoms with Crippen LogP contribution in [0, 0.1) is 0 Å². The van der Waals surface area contributed by atoms with E-state index in [4.69, 9.17) is 9.84 Å². The van der Waals surface area contributed by atoms with Gasteiger partial charge in [-0.2, -0.15) is 5.10 Å². The molecule has 1 heterocycles. The first kappa shape index (κ1) is 15.3. The second-order valence-electron chi connectivity index (χ2n) is 4.43. The molecule has 0 aliphatic rings. The number of nitrogens with zero attached hydrogens (tertiary/aromatic N) is 2. The van der Waals surface area contributed by atoms with E-state index in [1.54, 1.807) is 37.5 Å². The van der Waals surface area contributed by atoms with E-state index >= 15 is 0 Å². The first-order chi connectivity index (χ1) is 10.5. The number of aromatic carboxylic acids is 1. The van der Waals surface area contributed by atoms with Crippen LogP contribution in [0.2, 0.25) is 0 Å². The van der Waals surface area contributed by atoms with Crippen LogP contribution in [0.4, 0.5) is 5.69 Å². The van der Waals surface area contributed by atoms with E-state index in [0.717, 1.165) is 11.3 Å². The monoisotopic (exact) mass is 301 g/mol. The average Bonchev–Trinajstić information content (AvgIpc) is 2.86. The molecule has 0 unspecified atom stereocenters. The average molecular weight is 301 g/mol. The molecule has 0 saturated heterocycles. The first-order valence-corrected chi connectivity index (χ1v) is 6.39. The van der Waals surface area contributed by atoms with Crippen molar-refractivity contribution in [2.45, 2.75) is 0 Å². The second-order valence-corrected chi connectivity index (χ2v) is 4.43. The third-order valence-electron chi connectivity index (χ3n) is 2.94. The van der Waals surface area contributed by atoms with Crippen molar-refractivity contribution >= 4 is 23.6 Å². The number of carbonyl (C=O) groups is 2. The number of ether oxygens (including phenoxy) is 1. The van der Waals surface area contributed by atoms with Gasteiger partial charge in [0.25, 0.3) is 0 Å². The number of rotatable bonds is 5. The summed E-state index contributed by atoms with van der Waals surface area (Å²) in [7, 11) is 3.07. The van der Waals surface area contributed by atoms with Crippen LogP contribution in [0.5, 0.6) is 5.75 Å². The van der Waals surface area contributed by atoms with E-state index in [-0.39, 0.29) is 11.4 Å². The minimum Gasteiger partial charge on any atom is -0.497 e. The van der Waals surface area contributed by atoms with Crippen molar-refractivity contribution in [1.82, 2.24) is 9.78 Å². The number of carbonyl (C=O) groups excluding carboxylic acids is 1. The van der Waals surface area contributed by atoms with Crippen molar-refractivity contribution in [2.75, 3.05) is 12.4 Å². The van der Waals surface area contributed by atoms with Crippen LogP contribution in [0.25, 0.3) is 6.08 Å². The topological polar surface area (TPSA) is 93.5 Å². The zero-order chi connectivity index (χ0) is 16.1. The number of carboxylic acids is 1. The highest BCUT2D eigenvalue weighted by molar-refractivity contribution is 6.05. The number of nitrogens with one attached hydrogen (secondary N) is 1. The largest absolute Gasteiger partial charge is 0.497 e. The molecule has 0 radical (unpaired) electrons. The van der Waals surface area contributed by atoms with Crippen LogP contribution in [-0.4, -0.2) is 33.9 Å². The summed E-state index contributed by atoms with van der Waals surface area (Å²) in [5, 5.41) is 15.4. The number of carboxylic acid groups (broad SMARTS) is 1. The lowest BCUT2D eigenvalue weighted by Gasteiger charge is -2.02. The van der Waals surface area contributed by atoms with E-state index in [9.17, 15) is 9.59 Å². The molecule has 0 spiro atoms. The fraction of sp³-hybridized carbons (Fsp3) is 0.133. The normalized spacial score (nSPS) is 10.6. The van der Waals surface area contributed by atoms with E-state index in [0.29, 0.717) is 0 Å². The maximum absolute atomic E-state index is 11.8.